The van der Waals surface area contributed by atoms with E-state index in [-0.39, 0.29) is 41.4 Å². The first-order chi connectivity index (χ1) is 24.3. The molecule has 15 heteroatoms. The number of methoxy groups -OCH3 is 1. The summed E-state index contributed by atoms with van der Waals surface area (Å²) in [6.07, 6.45) is 0.816. The molecule has 0 aliphatic carbocycles. The molecule has 0 radical (unpaired) electrons. The number of epoxide rings is 1. The number of halogens is 1. The fourth-order valence-electron chi connectivity index (χ4n) is 6.62. The van der Waals surface area contributed by atoms with Gasteiger partial charge in [-0.25, -0.2) is 9.59 Å². The van der Waals surface area contributed by atoms with E-state index in [9.17, 15) is 29.4 Å². The Bertz CT molecular complexity index is 1590. The number of fused-ring (bicyclic) bond motifs is 5. The Hall–Kier alpha value is -3.14. The van der Waals surface area contributed by atoms with Gasteiger partial charge in [0.15, 0.2) is 5.72 Å². The monoisotopic (exact) mass is 765 g/mol. The fourth-order valence-corrected chi connectivity index (χ4v) is 7.59. The van der Waals surface area contributed by atoms with Gasteiger partial charge in [0, 0.05) is 33.5 Å². The Balaban J connectivity index is 1.75. The molecular formula is C37H52ClN3O10S. The first kappa shape index (κ1) is 41.6. The Labute approximate surface area is 315 Å². The normalized spacial score (nSPS) is 31.8. The topological polar surface area (TPSA) is 167 Å². The van der Waals surface area contributed by atoms with E-state index in [1.807, 2.05) is 26.8 Å². The summed E-state index contributed by atoms with van der Waals surface area (Å²) in [7, 11) is 4.51. The number of hydrogen-bond donors (Lipinski definition) is 3. The first-order valence-electron chi connectivity index (χ1n) is 17.4. The average Bonchev–Trinajstić information content (AvgIpc) is 3.79. The number of hydrogen-bond acceptors (Lipinski definition) is 11. The Morgan fingerprint density at radius 1 is 1.25 bits per heavy atom. The number of esters is 1. The average molecular weight is 766 g/mol. The number of ether oxygens (including phenoxy) is 4. The lowest BCUT2D eigenvalue weighted by molar-refractivity contribution is -0.161. The van der Waals surface area contributed by atoms with Gasteiger partial charge in [0.1, 0.15) is 30.0 Å². The van der Waals surface area contributed by atoms with Gasteiger partial charge >= 0.3 is 12.1 Å². The predicted octanol–water partition coefficient (Wildman–Crippen LogP) is 4.14. The van der Waals surface area contributed by atoms with Crippen molar-refractivity contribution in [2.24, 2.45) is 5.92 Å². The van der Waals surface area contributed by atoms with Crippen LogP contribution < -0.4 is 10.2 Å². The standard InChI is InChI=1S/C37H52ClN3O10S/c1-20(2)52-19-31(44)40(7)23(5)34(45)50-29-16-30(43)41(8)26-15-24(14-25(18-42)32(26)38)13-21(3)11-10-12-28(48-9)37(47)17-27(49-35(46)39-37)22(4)33-36(29,6)51-33/h10-12,14-15,20,22-23,27-29,33,42,47H,13,16-19H2,1-9H3,(H,39,46)/b12-10+,21-11+/t22-,23+,27+,28-,29+,33+,36+,37+/m1/s1. The number of allylic oxidation sites excluding steroid dienone is 3. The van der Waals surface area contributed by atoms with Crippen molar-refractivity contribution in [2.45, 2.75) is 114 Å². The molecule has 3 heterocycles. The maximum absolute atomic E-state index is 14.1. The van der Waals surface area contributed by atoms with Crippen LogP contribution >= 0.6 is 23.4 Å². The van der Waals surface area contributed by atoms with Crippen molar-refractivity contribution in [3.05, 3.63) is 52.1 Å². The number of amides is 3. The zero-order valence-electron chi connectivity index (χ0n) is 31.3. The Morgan fingerprint density at radius 3 is 2.58 bits per heavy atom. The molecular weight excluding hydrogens is 714 g/mol. The molecule has 288 valence electrons. The van der Waals surface area contributed by atoms with Gasteiger partial charge in [0.25, 0.3) is 0 Å². The van der Waals surface area contributed by atoms with Gasteiger partial charge in [0.05, 0.1) is 35.6 Å². The number of carbonyl (C=O) groups is 4. The molecule has 0 unspecified atom stereocenters. The van der Waals surface area contributed by atoms with Crippen LogP contribution in [-0.2, 0) is 46.4 Å². The molecule has 3 aliphatic heterocycles. The molecule has 3 aliphatic rings. The molecule has 8 atom stereocenters. The van der Waals surface area contributed by atoms with Crippen LogP contribution in [0.5, 0.6) is 0 Å². The zero-order valence-corrected chi connectivity index (χ0v) is 32.9. The molecule has 3 amide bonds. The number of nitrogens with one attached hydrogen (secondary N) is 1. The number of aliphatic hydroxyl groups is 2. The SMILES string of the molecule is CO[C@@H]1/C=C/C=C(\C)Cc2cc(CO)c(Cl)c(c2)N(C)C(=O)C[C@H](OC(=O)[C@H](C)N(C)C(=O)CSC(C)C)[C@]2(C)O[C@H]2[C@H](C)[C@@H]2C[C@@]1(O)NC(=O)O2. The van der Waals surface area contributed by atoms with Gasteiger partial charge in [0.2, 0.25) is 11.8 Å². The third kappa shape index (κ3) is 9.31. The van der Waals surface area contributed by atoms with E-state index in [1.165, 1.54) is 35.7 Å². The third-order valence-corrected chi connectivity index (χ3v) is 11.6. The molecule has 52 heavy (non-hydrogen) atoms. The molecule has 0 aromatic heterocycles. The highest BCUT2D eigenvalue weighted by molar-refractivity contribution is 8.00. The zero-order chi connectivity index (χ0) is 38.7. The maximum atomic E-state index is 14.1. The number of thioether (sulfide) groups is 1. The minimum atomic E-state index is -1.83. The summed E-state index contributed by atoms with van der Waals surface area (Å²) in [5, 5.41) is 24.8. The van der Waals surface area contributed by atoms with E-state index in [0.29, 0.717) is 17.7 Å². The van der Waals surface area contributed by atoms with Crippen molar-refractivity contribution >= 4 is 52.9 Å². The largest absolute Gasteiger partial charge is 0.457 e. The Kier molecular flexibility index (Phi) is 13.5. The van der Waals surface area contributed by atoms with Crippen LogP contribution in [0.2, 0.25) is 5.02 Å². The smallest absolute Gasteiger partial charge is 0.409 e. The highest BCUT2D eigenvalue weighted by atomic mass is 35.5. The molecule has 1 aromatic rings. The highest BCUT2D eigenvalue weighted by Gasteiger charge is 2.64. The molecule has 2 fully saturated rings. The van der Waals surface area contributed by atoms with Gasteiger partial charge in [-0.05, 0) is 49.6 Å². The third-order valence-electron chi connectivity index (χ3n) is 10.1. The van der Waals surface area contributed by atoms with E-state index >= 15 is 0 Å². The molecule has 0 saturated carbocycles. The van der Waals surface area contributed by atoms with Crippen molar-refractivity contribution in [1.82, 2.24) is 10.2 Å². The van der Waals surface area contributed by atoms with Crippen LogP contribution in [0.4, 0.5) is 10.5 Å². The first-order valence-corrected chi connectivity index (χ1v) is 18.8. The summed E-state index contributed by atoms with van der Waals surface area (Å²) in [5.41, 5.74) is -0.580. The maximum Gasteiger partial charge on any atom is 0.409 e. The predicted molar refractivity (Wildman–Crippen MR) is 198 cm³/mol. The van der Waals surface area contributed by atoms with E-state index in [4.69, 9.17) is 30.5 Å². The summed E-state index contributed by atoms with van der Waals surface area (Å²) >= 11 is 8.17. The van der Waals surface area contributed by atoms with Crippen LogP contribution in [0.3, 0.4) is 0 Å². The van der Waals surface area contributed by atoms with Crippen LogP contribution in [0.25, 0.3) is 0 Å². The lowest BCUT2D eigenvalue weighted by Crippen LogP contribution is -2.63. The van der Waals surface area contributed by atoms with Crippen molar-refractivity contribution in [3.8, 4) is 0 Å². The fraction of sp³-hybridized carbons (Fsp3) is 0.622. The second-order valence-corrected chi connectivity index (χ2v) is 16.3. The summed E-state index contributed by atoms with van der Waals surface area (Å²) < 4.78 is 23.6. The van der Waals surface area contributed by atoms with Crippen molar-refractivity contribution in [1.29, 1.82) is 0 Å². The van der Waals surface area contributed by atoms with Crippen molar-refractivity contribution in [2.75, 3.05) is 31.9 Å². The van der Waals surface area contributed by atoms with E-state index in [2.05, 4.69) is 5.32 Å². The second-order valence-electron chi connectivity index (χ2n) is 14.4. The number of likely N-dealkylation sites (N-methyl/N-ethyl adjacent to an activating group) is 1. The molecule has 2 saturated heterocycles. The summed E-state index contributed by atoms with van der Waals surface area (Å²) in [6.45, 7) is 10.6. The lowest BCUT2D eigenvalue weighted by atomic mass is 9.83. The number of carbonyl (C=O) groups excluding carboxylic acids is 4. The van der Waals surface area contributed by atoms with Gasteiger partial charge < -0.3 is 39.0 Å². The molecule has 1 aromatic carbocycles. The number of nitrogens with zero attached hydrogens (tertiary/aromatic N) is 2. The summed E-state index contributed by atoms with van der Waals surface area (Å²) in [6, 6.07) is 2.56. The van der Waals surface area contributed by atoms with Crippen LogP contribution in [0.1, 0.15) is 65.5 Å². The van der Waals surface area contributed by atoms with Gasteiger partial charge in [-0.3, -0.25) is 14.9 Å². The van der Waals surface area contributed by atoms with Crippen molar-refractivity contribution in [3.63, 3.8) is 0 Å². The minimum absolute atomic E-state index is 0.0554. The summed E-state index contributed by atoms with van der Waals surface area (Å²) in [4.78, 5) is 56.2. The molecule has 4 bridgehead atoms. The minimum Gasteiger partial charge on any atom is -0.457 e. The van der Waals surface area contributed by atoms with E-state index in [0.717, 1.165) is 11.1 Å². The van der Waals surface area contributed by atoms with Gasteiger partial charge in [-0.2, -0.15) is 0 Å². The van der Waals surface area contributed by atoms with Crippen LogP contribution in [0, 0.1) is 5.92 Å². The number of anilines is 1. The molecule has 3 N–H and O–H groups in total. The van der Waals surface area contributed by atoms with Gasteiger partial charge in [-0.15, -0.1) is 11.8 Å². The second kappa shape index (κ2) is 16.9. The molecule has 13 nitrogen and oxygen atoms in total. The number of benzene rings is 1. The molecule has 4 rings (SSSR count). The quantitative estimate of drug-likeness (QED) is 0.257. The van der Waals surface area contributed by atoms with E-state index < -0.39 is 65.7 Å². The highest BCUT2D eigenvalue weighted by Crippen LogP contribution is 2.49. The lowest BCUT2D eigenvalue weighted by Gasteiger charge is -2.42. The van der Waals surface area contributed by atoms with E-state index in [1.54, 1.807) is 52.1 Å². The number of aliphatic hydroxyl groups excluding tert-OH is 1. The molecule has 0 spiro atoms. The van der Waals surface area contributed by atoms with Crippen LogP contribution in [-0.4, -0.2) is 113 Å². The number of rotatable bonds is 8. The Morgan fingerprint density at radius 2 is 1.94 bits per heavy atom. The van der Waals surface area contributed by atoms with Gasteiger partial charge in [-0.1, -0.05) is 62.2 Å². The van der Waals surface area contributed by atoms with Crippen molar-refractivity contribution < 1.29 is 48.3 Å². The number of alkyl carbamates (subject to hydrolysis) is 1. The summed E-state index contributed by atoms with van der Waals surface area (Å²) in [5.74, 6) is -1.77. The van der Waals surface area contributed by atoms with Crippen LogP contribution in [0.15, 0.2) is 35.9 Å².